The number of carbonyl (C=O) groups is 1. The van der Waals surface area contributed by atoms with Crippen molar-refractivity contribution in [3.05, 3.63) is 100 Å². The number of amides is 1. The molecule has 0 radical (unpaired) electrons. The quantitative estimate of drug-likeness (QED) is 0.142. The minimum atomic E-state index is -0.486. The zero-order valence-corrected chi connectivity index (χ0v) is 17.8. The number of aromatic nitrogens is 2. The first-order chi connectivity index (χ1) is 15.6. The molecule has 3 aromatic carbocycles. The van der Waals surface area contributed by atoms with E-state index in [1.54, 1.807) is 18.2 Å². The van der Waals surface area contributed by atoms with Gasteiger partial charge in [0.15, 0.2) is 11.0 Å². The van der Waals surface area contributed by atoms with E-state index in [-0.39, 0.29) is 17.3 Å². The largest absolute Gasteiger partial charge is 0.317 e. The van der Waals surface area contributed by atoms with Crippen molar-refractivity contribution in [2.45, 2.75) is 11.7 Å². The molecule has 4 aromatic rings. The fraction of sp³-hybridized carbons (Fsp3) is 0.0870. The summed E-state index contributed by atoms with van der Waals surface area (Å²) in [7, 11) is 0. The van der Waals surface area contributed by atoms with E-state index >= 15 is 0 Å². The van der Waals surface area contributed by atoms with Gasteiger partial charge < -0.3 is 0 Å². The first-order valence-corrected chi connectivity index (χ1v) is 10.8. The number of nitro benzene ring substituents is 1. The fourth-order valence-corrected chi connectivity index (χ4v) is 4.08. The Hall–Kier alpha value is -3.98. The van der Waals surface area contributed by atoms with Gasteiger partial charge in [-0.15, -0.1) is 0 Å². The molecule has 1 amide bonds. The van der Waals surface area contributed by atoms with Crippen LogP contribution < -0.4 is 9.99 Å². The van der Waals surface area contributed by atoms with Gasteiger partial charge in [-0.05, 0) is 35.5 Å². The minimum Gasteiger partial charge on any atom is -0.272 e. The van der Waals surface area contributed by atoms with Crippen molar-refractivity contribution in [3.8, 4) is 0 Å². The summed E-state index contributed by atoms with van der Waals surface area (Å²) >= 11 is 1.37. The summed E-state index contributed by atoms with van der Waals surface area (Å²) in [5, 5.41) is 15.8. The van der Waals surface area contributed by atoms with Gasteiger partial charge in [-0.2, -0.15) is 5.10 Å². The highest BCUT2D eigenvalue weighted by Crippen LogP contribution is 2.19. The molecule has 0 unspecified atom stereocenters. The van der Waals surface area contributed by atoms with Crippen LogP contribution in [0.1, 0.15) is 11.1 Å². The minimum absolute atomic E-state index is 0.0695. The van der Waals surface area contributed by atoms with Crippen LogP contribution in [-0.4, -0.2) is 27.8 Å². The molecular formula is C23H20N5O3S+. The summed E-state index contributed by atoms with van der Waals surface area (Å²) in [6.07, 6.45) is 1.28. The van der Waals surface area contributed by atoms with E-state index < -0.39 is 4.92 Å². The number of rotatable bonds is 8. The first kappa shape index (κ1) is 21.3. The number of fused-ring (bicyclic) bond motifs is 1. The van der Waals surface area contributed by atoms with Gasteiger partial charge in [-0.1, -0.05) is 54.6 Å². The van der Waals surface area contributed by atoms with E-state index in [1.807, 2.05) is 42.5 Å². The van der Waals surface area contributed by atoms with E-state index in [2.05, 4.69) is 32.2 Å². The Bertz CT molecular complexity index is 1290. The Morgan fingerprint density at radius 1 is 1.06 bits per heavy atom. The number of H-pyrrole nitrogens is 1. The number of nitro groups is 1. The number of hydrogen-bond acceptors (Lipinski definition) is 5. The first-order valence-electron chi connectivity index (χ1n) is 9.84. The van der Waals surface area contributed by atoms with Crippen molar-refractivity contribution in [1.29, 1.82) is 0 Å². The van der Waals surface area contributed by atoms with E-state index in [4.69, 9.17) is 0 Å². The summed E-state index contributed by atoms with van der Waals surface area (Å²) in [6.45, 7) is 0.671. The average Bonchev–Trinajstić information content (AvgIpc) is 3.16. The van der Waals surface area contributed by atoms with Crippen LogP contribution in [0.25, 0.3) is 11.0 Å². The molecule has 0 saturated heterocycles. The zero-order chi connectivity index (χ0) is 22.3. The highest BCUT2D eigenvalue weighted by atomic mass is 32.2. The molecule has 8 nitrogen and oxygen atoms in total. The summed E-state index contributed by atoms with van der Waals surface area (Å²) < 4.78 is 2.14. The van der Waals surface area contributed by atoms with Crippen molar-refractivity contribution in [3.63, 3.8) is 0 Å². The SMILES string of the molecule is O=C(CSc1[nH]c2ccccc2[n+]1Cc1ccccc1)NN=Cc1ccccc1[N+](=O)[O-]. The lowest BCUT2D eigenvalue weighted by atomic mass is 10.2. The Morgan fingerprint density at radius 2 is 1.78 bits per heavy atom. The normalized spacial score (nSPS) is 11.1. The fourth-order valence-electron chi connectivity index (χ4n) is 3.25. The molecule has 4 rings (SSSR count). The lowest BCUT2D eigenvalue weighted by molar-refractivity contribution is -0.700. The Kier molecular flexibility index (Phi) is 6.57. The third-order valence-corrected chi connectivity index (χ3v) is 5.73. The van der Waals surface area contributed by atoms with Gasteiger partial charge in [-0.3, -0.25) is 14.9 Å². The maximum Gasteiger partial charge on any atom is 0.317 e. The molecule has 0 fully saturated rings. The number of imidazole rings is 1. The van der Waals surface area contributed by atoms with Gasteiger partial charge in [0, 0.05) is 6.07 Å². The number of nitrogens with zero attached hydrogens (tertiary/aromatic N) is 3. The Morgan fingerprint density at radius 3 is 2.59 bits per heavy atom. The van der Waals surface area contributed by atoms with Gasteiger partial charge in [0.25, 0.3) is 11.6 Å². The van der Waals surface area contributed by atoms with Gasteiger partial charge in [0.1, 0.15) is 6.54 Å². The molecule has 2 N–H and O–H groups in total. The third kappa shape index (κ3) is 5.01. The summed E-state index contributed by atoms with van der Waals surface area (Å²) in [5.74, 6) is -0.176. The molecule has 0 aliphatic carbocycles. The number of hydrogen-bond donors (Lipinski definition) is 2. The maximum absolute atomic E-state index is 12.3. The number of aromatic amines is 1. The summed E-state index contributed by atoms with van der Waals surface area (Å²) in [4.78, 5) is 26.3. The molecule has 0 saturated carbocycles. The second kappa shape index (κ2) is 9.88. The smallest absolute Gasteiger partial charge is 0.272 e. The Balaban J connectivity index is 1.44. The summed E-state index contributed by atoms with van der Waals surface area (Å²) in [5.41, 5.74) is 5.88. The number of nitrogens with one attached hydrogen (secondary N) is 2. The molecule has 0 atom stereocenters. The Labute approximate surface area is 188 Å². The molecule has 32 heavy (non-hydrogen) atoms. The van der Waals surface area contributed by atoms with Crippen molar-refractivity contribution < 1.29 is 14.3 Å². The molecule has 1 heterocycles. The summed E-state index contributed by atoms with van der Waals surface area (Å²) in [6, 6.07) is 24.3. The lowest BCUT2D eigenvalue weighted by Gasteiger charge is -2.02. The molecule has 0 aliphatic heterocycles. The van der Waals surface area contributed by atoms with Gasteiger partial charge in [-0.25, -0.2) is 15.0 Å². The topological polar surface area (TPSA) is 104 Å². The zero-order valence-electron chi connectivity index (χ0n) is 17.0. The highest BCUT2D eigenvalue weighted by Gasteiger charge is 2.20. The number of carbonyl (C=O) groups excluding carboxylic acids is 1. The third-order valence-electron chi connectivity index (χ3n) is 4.73. The second-order valence-corrected chi connectivity index (χ2v) is 7.88. The van der Waals surface area contributed by atoms with Crippen LogP contribution in [-0.2, 0) is 11.3 Å². The number of para-hydroxylation sites is 3. The molecule has 0 bridgehead atoms. The van der Waals surface area contributed by atoms with Crippen molar-refractivity contribution >= 4 is 40.6 Å². The van der Waals surface area contributed by atoms with E-state index in [1.165, 1.54) is 24.0 Å². The van der Waals surface area contributed by atoms with Crippen LogP contribution in [0.3, 0.4) is 0 Å². The number of thioether (sulfide) groups is 1. The standard InChI is InChI=1S/C23H19N5O3S/c29-22(26-24-14-18-10-4-6-12-20(18)28(30)31)16-32-23-25-19-11-5-7-13-21(19)27(23)15-17-8-2-1-3-9-17/h1-14H,15-16H2,(H,26,29)/p+1. The van der Waals surface area contributed by atoms with Crippen molar-refractivity contribution in [1.82, 2.24) is 10.4 Å². The van der Waals surface area contributed by atoms with Crippen LogP contribution in [0.2, 0.25) is 0 Å². The van der Waals surface area contributed by atoms with Crippen LogP contribution in [0.5, 0.6) is 0 Å². The van der Waals surface area contributed by atoms with Crippen LogP contribution in [0, 0.1) is 10.1 Å². The molecule has 9 heteroatoms. The molecule has 1 aromatic heterocycles. The predicted molar refractivity (Wildman–Crippen MR) is 124 cm³/mol. The monoisotopic (exact) mass is 446 g/mol. The number of benzene rings is 3. The van der Waals surface area contributed by atoms with Gasteiger partial charge in [0.05, 0.1) is 22.5 Å². The van der Waals surface area contributed by atoms with Crippen LogP contribution in [0.15, 0.2) is 89.1 Å². The molecule has 160 valence electrons. The van der Waals surface area contributed by atoms with Crippen molar-refractivity contribution in [2.24, 2.45) is 5.10 Å². The van der Waals surface area contributed by atoms with Gasteiger partial charge in [0.2, 0.25) is 0 Å². The molecule has 0 spiro atoms. The number of hydrazone groups is 1. The molecular weight excluding hydrogens is 426 g/mol. The van der Waals surface area contributed by atoms with Crippen molar-refractivity contribution in [2.75, 3.05) is 5.75 Å². The van der Waals surface area contributed by atoms with E-state index in [0.29, 0.717) is 12.1 Å². The van der Waals surface area contributed by atoms with Gasteiger partial charge >= 0.3 is 5.16 Å². The molecule has 0 aliphatic rings. The van der Waals surface area contributed by atoms with Crippen LogP contribution in [0.4, 0.5) is 5.69 Å². The predicted octanol–water partition coefficient (Wildman–Crippen LogP) is 3.65. The second-order valence-electron chi connectivity index (χ2n) is 6.92. The van der Waals surface area contributed by atoms with E-state index in [0.717, 1.165) is 21.8 Å². The van der Waals surface area contributed by atoms with E-state index in [9.17, 15) is 14.9 Å². The average molecular weight is 447 g/mol. The highest BCUT2D eigenvalue weighted by molar-refractivity contribution is 7.99. The lowest BCUT2D eigenvalue weighted by Crippen LogP contribution is -2.36. The maximum atomic E-state index is 12.3. The van der Waals surface area contributed by atoms with Crippen LogP contribution >= 0.6 is 11.8 Å².